The van der Waals surface area contributed by atoms with Gasteiger partial charge in [-0.1, -0.05) is 13.8 Å². The number of hydrogen-bond donors (Lipinski definition) is 2. The second-order valence-corrected chi connectivity index (χ2v) is 6.56. The van der Waals surface area contributed by atoms with Crippen LogP contribution in [-0.2, 0) is 11.3 Å². The maximum atomic E-state index is 12.6. The number of aryl methyl sites for hydroxylation is 1. The Kier molecular flexibility index (Phi) is 6.92. The summed E-state index contributed by atoms with van der Waals surface area (Å²) < 4.78 is 25.3. The van der Waals surface area contributed by atoms with Crippen LogP contribution < -0.4 is 10.6 Å². The predicted molar refractivity (Wildman–Crippen MR) is 97.4 cm³/mol. The van der Waals surface area contributed by atoms with Gasteiger partial charge in [0.2, 0.25) is 5.91 Å². The van der Waals surface area contributed by atoms with Gasteiger partial charge in [0.15, 0.2) is 0 Å². The van der Waals surface area contributed by atoms with Crippen molar-refractivity contribution in [2.45, 2.75) is 40.2 Å². The van der Waals surface area contributed by atoms with E-state index in [2.05, 4.69) is 20.6 Å². The third kappa shape index (κ3) is 6.09. The zero-order valence-corrected chi connectivity index (χ0v) is 15.4. The molecule has 27 heavy (non-hydrogen) atoms. The Hall–Kier alpha value is -2.90. The molecule has 0 unspecified atom stereocenters. The molecule has 0 saturated heterocycles. The van der Waals surface area contributed by atoms with E-state index in [1.54, 1.807) is 25.1 Å². The minimum absolute atomic E-state index is 0.0642. The van der Waals surface area contributed by atoms with E-state index in [1.807, 2.05) is 13.8 Å². The summed E-state index contributed by atoms with van der Waals surface area (Å²) in [6.07, 6.45) is -1.04. The molecule has 2 rings (SSSR count). The number of benzene rings is 1. The SMILES string of the molecule is Cc1cc(C(=O)NCc2nccc(C(F)F)n2)ccc1NC(=O)CC(C)C. The third-order valence-corrected chi connectivity index (χ3v) is 3.71. The number of hydrogen-bond acceptors (Lipinski definition) is 4. The molecule has 2 amide bonds. The first-order chi connectivity index (χ1) is 12.8. The zero-order chi connectivity index (χ0) is 20.0. The van der Waals surface area contributed by atoms with E-state index in [1.165, 1.54) is 6.20 Å². The van der Waals surface area contributed by atoms with Crippen LogP contribution in [0.1, 0.15) is 54.1 Å². The number of rotatable bonds is 7. The quantitative estimate of drug-likeness (QED) is 0.773. The van der Waals surface area contributed by atoms with Crippen LogP contribution in [0.4, 0.5) is 14.5 Å². The van der Waals surface area contributed by atoms with Gasteiger partial charge in [-0.25, -0.2) is 18.7 Å². The highest BCUT2D eigenvalue weighted by molar-refractivity contribution is 5.96. The predicted octanol–water partition coefficient (Wildman–Crippen LogP) is 3.64. The topological polar surface area (TPSA) is 84.0 Å². The van der Waals surface area contributed by atoms with Crippen molar-refractivity contribution < 1.29 is 18.4 Å². The lowest BCUT2D eigenvalue weighted by atomic mass is 10.1. The molecule has 0 aliphatic rings. The summed E-state index contributed by atoms with van der Waals surface area (Å²) in [4.78, 5) is 31.7. The molecule has 1 heterocycles. The van der Waals surface area contributed by atoms with Crippen molar-refractivity contribution in [3.8, 4) is 0 Å². The summed E-state index contributed by atoms with van der Waals surface area (Å²) in [5.41, 5.74) is 1.40. The van der Waals surface area contributed by atoms with Gasteiger partial charge in [-0.3, -0.25) is 9.59 Å². The van der Waals surface area contributed by atoms with Crippen molar-refractivity contribution in [3.63, 3.8) is 0 Å². The van der Waals surface area contributed by atoms with Gasteiger partial charge in [-0.05, 0) is 42.7 Å². The Morgan fingerprint density at radius 2 is 1.93 bits per heavy atom. The monoisotopic (exact) mass is 376 g/mol. The molecule has 144 valence electrons. The molecule has 0 atom stereocenters. The lowest BCUT2D eigenvalue weighted by Gasteiger charge is -2.11. The number of nitrogens with one attached hydrogen (secondary N) is 2. The van der Waals surface area contributed by atoms with Gasteiger partial charge in [0, 0.05) is 23.9 Å². The molecule has 0 bridgehead atoms. The minimum Gasteiger partial charge on any atom is -0.345 e. The number of alkyl halides is 2. The number of carbonyl (C=O) groups excluding carboxylic acids is 2. The van der Waals surface area contributed by atoms with E-state index in [-0.39, 0.29) is 35.8 Å². The average Bonchev–Trinajstić information content (AvgIpc) is 2.61. The fraction of sp³-hybridized carbons (Fsp3) is 0.368. The van der Waals surface area contributed by atoms with Crippen molar-refractivity contribution in [2.24, 2.45) is 5.92 Å². The molecule has 0 aliphatic heterocycles. The van der Waals surface area contributed by atoms with Gasteiger partial charge in [0.05, 0.1) is 6.54 Å². The lowest BCUT2D eigenvalue weighted by Crippen LogP contribution is -2.24. The van der Waals surface area contributed by atoms with Crippen LogP contribution in [0.2, 0.25) is 0 Å². The Bertz CT molecular complexity index is 825. The van der Waals surface area contributed by atoms with E-state index >= 15 is 0 Å². The Morgan fingerprint density at radius 3 is 2.56 bits per heavy atom. The molecule has 2 N–H and O–H groups in total. The van der Waals surface area contributed by atoms with Crippen LogP contribution in [0.3, 0.4) is 0 Å². The van der Waals surface area contributed by atoms with Crippen molar-refractivity contribution in [1.29, 1.82) is 0 Å². The number of amides is 2. The Labute approximate surface area is 156 Å². The van der Waals surface area contributed by atoms with Gasteiger partial charge in [-0.15, -0.1) is 0 Å². The lowest BCUT2D eigenvalue weighted by molar-refractivity contribution is -0.116. The maximum Gasteiger partial charge on any atom is 0.280 e. The molecule has 0 radical (unpaired) electrons. The highest BCUT2D eigenvalue weighted by Crippen LogP contribution is 2.18. The number of aromatic nitrogens is 2. The molecule has 2 aromatic rings. The largest absolute Gasteiger partial charge is 0.345 e. The smallest absolute Gasteiger partial charge is 0.280 e. The third-order valence-electron chi connectivity index (χ3n) is 3.71. The first-order valence-electron chi connectivity index (χ1n) is 8.55. The van der Waals surface area contributed by atoms with Crippen LogP contribution in [0, 0.1) is 12.8 Å². The van der Waals surface area contributed by atoms with Crippen molar-refractivity contribution >= 4 is 17.5 Å². The summed E-state index contributed by atoms with van der Waals surface area (Å²) in [5, 5.41) is 5.42. The van der Waals surface area contributed by atoms with E-state index in [4.69, 9.17) is 0 Å². The van der Waals surface area contributed by atoms with Crippen LogP contribution in [-0.4, -0.2) is 21.8 Å². The number of halogens is 2. The molecule has 0 fully saturated rings. The van der Waals surface area contributed by atoms with Gasteiger partial charge >= 0.3 is 0 Å². The number of anilines is 1. The molecule has 1 aromatic heterocycles. The molecular formula is C19H22F2N4O2. The Morgan fingerprint density at radius 1 is 1.19 bits per heavy atom. The number of nitrogens with zero attached hydrogens (tertiary/aromatic N) is 2. The van der Waals surface area contributed by atoms with Crippen LogP contribution in [0.15, 0.2) is 30.5 Å². The summed E-state index contributed by atoms with van der Waals surface area (Å²) >= 11 is 0. The van der Waals surface area contributed by atoms with Crippen LogP contribution >= 0.6 is 0 Å². The molecule has 6 nitrogen and oxygen atoms in total. The van der Waals surface area contributed by atoms with Crippen LogP contribution in [0.25, 0.3) is 0 Å². The second kappa shape index (κ2) is 9.16. The fourth-order valence-corrected chi connectivity index (χ4v) is 2.40. The van der Waals surface area contributed by atoms with E-state index < -0.39 is 6.43 Å². The van der Waals surface area contributed by atoms with Gasteiger partial charge in [0.25, 0.3) is 12.3 Å². The van der Waals surface area contributed by atoms with E-state index in [0.717, 1.165) is 11.6 Å². The standard InChI is InChI=1S/C19H22F2N4O2/c1-11(2)8-17(26)25-14-5-4-13(9-12(14)3)19(27)23-10-16-22-7-6-15(24-16)18(20)21/h4-7,9,11,18H,8,10H2,1-3H3,(H,23,27)(H,25,26). The molecule has 0 saturated carbocycles. The zero-order valence-electron chi connectivity index (χ0n) is 15.4. The molecule has 0 aliphatic carbocycles. The second-order valence-electron chi connectivity index (χ2n) is 6.56. The molecule has 1 aromatic carbocycles. The van der Waals surface area contributed by atoms with E-state index in [0.29, 0.717) is 17.7 Å². The van der Waals surface area contributed by atoms with Crippen molar-refractivity contribution in [3.05, 3.63) is 53.1 Å². The van der Waals surface area contributed by atoms with Gasteiger partial charge < -0.3 is 10.6 Å². The van der Waals surface area contributed by atoms with Crippen LogP contribution in [0.5, 0.6) is 0 Å². The maximum absolute atomic E-state index is 12.6. The average molecular weight is 376 g/mol. The van der Waals surface area contributed by atoms with Gasteiger partial charge in [-0.2, -0.15) is 0 Å². The first kappa shape index (κ1) is 20.4. The first-order valence-corrected chi connectivity index (χ1v) is 8.55. The normalized spacial score (nSPS) is 10.9. The summed E-state index contributed by atoms with van der Waals surface area (Å²) in [6, 6.07) is 6.03. The van der Waals surface area contributed by atoms with Crippen molar-refractivity contribution in [1.82, 2.24) is 15.3 Å². The fourth-order valence-electron chi connectivity index (χ4n) is 2.40. The highest BCUT2D eigenvalue weighted by atomic mass is 19.3. The summed E-state index contributed by atoms with van der Waals surface area (Å²) in [5.74, 6) is -0.109. The number of carbonyl (C=O) groups is 2. The highest BCUT2D eigenvalue weighted by Gasteiger charge is 2.13. The Balaban J connectivity index is 1.99. The molecular weight excluding hydrogens is 354 g/mol. The van der Waals surface area contributed by atoms with E-state index in [9.17, 15) is 18.4 Å². The van der Waals surface area contributed by atoms with Gasteiger partial charge in [0.1, 0.15) is 11.5 Å². The molecule has 8 heteroatoms. The summed E-state index contributed by atoms with van der Waals surface area (Å²) in [6.45, 7) is 5.64. The summed E-state index contributed by atoms with van der Waals surface area (Å²) in [7, 11) is 0. The minimum atomic E-state index is -2.69. The van der Waals surface area contributed by atoms with Crippen molar-refractivity contribution in [2.75, 3.05) is 5.32 Å². The molecule has 0 spiro atoms.